The van der Waals surface area contributed by atoms with Crippen LogP contribution in [-0.4, -0.2) is 401 Å². The van der Waals surface area contributed by atoms with Gasteiger partial charge >= 0.3 is 0 Å². The molecule has 8 aromatic rings. The van der Waals surface area contributed by atoms with Gasteiger partial charge in [-0.05, 0) is 66.5 Å². The topological polar surface area (TPSA) is 716 Å². The van der Waals surface area contributed by atoms with Gasteiger partial charge in [-0.1, -0.05) is 112 Å². The minimum Gasteiger partial charge on any atom is -0.394 e. The predicted octanol–water partition coefficient (Wildman–Crippen LogP) is -6.72. The number of nitrogen functional groups attached to an aromatic ring is 2. The van der Waals surface area contributed by atoms with E-state index in [4.69, 9.17) is 84.0 Å². The van der Waals surface area contributed by atoms with Crippen LogP contribution < -0.4 is 17.2 Å². The van der Waals surface area contributed by atoms with Gasteiger partial charge in [0.1, 0.15) is 187 Å². The second kappa shape index (κ2) is 45.6. The molecular formula is C87H123N9O35. The Morgan fingerprint density at radius 1 is 0.359 bits per heavy atom. The third-order valence-electron chi connectivity index (χ3n) is 24.8. The number of fused-ring (bicyclic) bond motifs is 6. The molecule has 4 aromatic carbocycles. The first kappa shape index (κ1) is 101. The largest absolute Gasteiger partial charge is 0.394 e. The van der Waals surface area contributed by atoms with Crippen molar-refractivity contribution in [1.29, 1.82) is 0 Å². The molecule has 0 aliphatic carbocycles. The number of anilines is 2. The lowest BCUT2D eigenvalue weighted by Gasteiger charge is -2.50. The molecule has 131 heavy (non-hydrogen) atoms. The molecule has 6 aliphatic rings. The van der Waals surface area contributed by atoms with Gasteiger partial charge < -0.3 is 201 Å². The van der Waals surface area contributed by atoms with Crippen LogP contribution in [0.3, 0.4) is 0 Å². The van der Waals surface area contributed by atoms with Crippen LogP contribution in [0.1, 0.15) is 86.3 Å². The third kappa shape index (κ3) is 22.1. The molecule has 4 aromatic heterocycles. The lowest BCUT2D eigenvalue weighted by molar-refractivity contribution is -0.397. The van der Waals surface area contributed by atoms with Gasteiger partial charge in [-0.3, -0.25) is 0 Å². The normalized spacial score (nSPS) is 34.1. The molecule has 29 N–H and O–H groups in total. The van der Waals surface area contributed by atoms with E-state index in [9.17, 15) is 117 Å². The quantitative estimate of drug-likeness (QED) is 0.0172. The van der Waals surface area contributed by atoms with Crippen molar-refractivity contribution < 1.29 is 174 Å². The van der Waals surface area contributed by atoms with Crippen molar-refractivity contribution in [1.82, 2.24) is 29.1 Å². The molecular weight excluding hydrogens is 1730 g/mol. The van der Waals surface area contributed by atoms with Crippen LogP contribution in [-0.2, 0) is 95.7 Å². The summed E-state index contributed by atoms with van der Waals surface area (Å²) in [6.45, 7) is -0.984. The molecule has 44 nitrogen and oxygen atoms in total. The lowest BCUT2D eigenvalue weighted by Crippen LogP contribution is -2.68. The molecule has 0 spiro atoms. The van der Waals surface area contributed by atoms with E-state index in [1.54, 1.807) is 0 Å². The number of aromatic nitrogens is 6. The number of hydrogen-bond donors (Lipinski definition) is 26. The van der Waals surface area contributed by atoms with Crippen LogP contribution in [0.2, 0.25) is 0 Å². The van der Waals surface area contributed by atoms with Crippen molar-refractivity contribution in [3.63, 3.8) is 0 Å². The molecule has 0 amide bonds. The predicted molar refractivity (Wildman–Crippen MR) is 455 cm³/mol. The number of imidazole rings is 2. The van der Waals surface area contributed by atoms with Gasteiger partial charge in [0, 0.05) is 43.2 Å². The van der Waals surface area contributed by atoms with Gasteiger partial charge in [-0.2, -0.15) is 0 Å². The molecule has 726 valence electrons. The summed E-state index contributed by atoms with van der Waals surface area (Å²) in [5.41, 5.74) is 27.7. The fourth-order valence-corrected chi connectivity index (χ4v) is 17.3. The zero-order valence-corrected chi connectivity index (χ0v) is 71.9. The van der Waals surface area contributed by atoms with Crippen LogP contribution in [0, 0.1) is 0 Å². The monoisotopic (exact) mass is 1850 g/mol. The van der Waals surface area contributed by atoms with Crippen molar-refractivity contribution in [2.75, 3.05) is 57.7 Å². The molecule has 6 aliphatic heterocycles. The van der Waals surface area contributed by atoms with Crippen LogP contribution in [0.15, 0.2) is 97.1 Å². The van der Waals surface area contributed by atoms with Gasteiger partial charge in [0.15, 0.2) is 49.4 Å². The Balaban J connectivity index is 0.000000457. The number of nitrogens with zero attached hydrogens (tertiary/aromatic N) is 6. The minimum atomic E-state index is -2.25. The van der Waals surface area contributed by atoms with E-state index in [0.717, 1.165) is 112 Å². The highest BCUT2D eigenvalue weighted by Gasteiger charge is 2.58. The summed E-state index contributed by atoms with van der Waals surface area (Å²) < 4.78 is 72.5. The Bertz CT molecular complexity index is 4910. The fraction of sp³-hybridized carbons (Fsp3) is 0.632. The highest BCUT2D eigenvalue weighted by molar-refractivity contribution is 6.07. The smallest absolute Gasteiger partial charge is 0.187 e. The first-order valence-corrected chi connectivity index (χ1v) is 43.9. The van der Waals surface area contributed by atoms with E-state index >= 15 is 0 Å². The number of aryl methyl sites for hydroxylation is 3. The first-order chi connectivity index (χ1) is 63.0. The summed E-state index contributed by atoms with van der Waals surface area (Å²) in [4.78, 5) is 18.9. The number of aliphatic hydroxyl groups excluding tert-OH is 23. The van der Waals surface area contributed by atoms with Gasteiger partial charge in [-0.25, -0.2) is 19.9 Å². The molecule has 0 saturated carbocycles. The Morgan fingerprint density at radius 3 is 1.02 bits per heavy atom. The number of aliphatic hydroxyl groups is 23. The summed E-state index contributed by atoms with van der Waals surface area (Å²) in [5, 5.41) is 251. The highest BCUT2D eigenvalue weighted by atomic mass is 16.8. The molecule has 1 unspecified atom stereocenters. The van der Waals surface area contributed by atoms with Crippen molar-refractivity contribution in [3.05, 3.63) is 131 Å². The van der Waals surface area contributed by atoms with Crippen molar-refractivity contribution in [2.45, 2.75) is 300 Å². The van der Waals surface area contributed by atoms with Crippen LogP contribution in [0.4, 0.5) is 11.6 Å². The van der Waals surface area contributed by atoms with E-state index in [-0.39, 0.29) is 6.42 Å². The second-order valence-corrected chi connectivity index (χ2v) is 33.7. The van der Waals surface area contributed by atoms with Crippen LogP contribution >= 0.6 is 0 Å². The SMILES string of the molecule is CCCCc1nc2c(N)nc3ccccc3c2n1Cc1ccc(CCC[C@H](O)[C@@H](O)C(O[C@H]2O[C@H](CO)[C@@H](O[C@H]3O[C@H](CO)[C@@H](O[C@H]4O[C@H](CO)[C@@H](O[C@H]5O[C@H](CO)[C@@H](O[C@H]6O[C@H](CO)[C@@H](O[C@H]7O[C@H](CO)[C@@H](O)[C@H](O)[C@H]7O)[C@H](O)[C@H]6O)[C@H](O)[C@H]5O)[C@H](O)[C@H]4O)[C@H](O)[C@H]3O)[C@H](O)[C@H]2O)[C@H](O)CO)cc1.CCCCc1nc2c(N)nc3ccccc3c2n1Cc1ccc(CN)cc1. The summed E-state index contributed by atoms with van der Waals surface area (Å²) in [6.07, 6.45) is -60.1. The van der Waals surface area contributed by atoms with Crippen LogP contribution in [0.5, 0.6) is 0 Å². The molecule has 34 atom stereocenters. The lowest BCUT2D eigenvalue weighted by atomic mass is 9.95. The number of pyridine rings is 2. The maximum atomic E-state index is 11.5. The first-order valence-electron chi connectivity index (χ1n) is 43.9. The zero-order chi connectivity index (χ0) is 94.1. The molecule has 10 heterocycles. The van der Waals surface area contributed by atoms with E-state index in [2.05, 4.69) is 63.3 Å². The summed E-state index contributed by atoms with van der Waals surface area (Å²) in [5.74, 6) is 2.79. The highest BCUT2D eigenvalue weighted by Crippen LogP contribution is 2.40. The molecule has 44 heteroatoms. The van der Waals surface area contributed by atoms with Crippen molar-refractivity contribution >= 4 is 55.5 Å². The molecule has 14 rings (SSSR count). The van der Waals surface area contributed by atoms with E-state index in [1.807, 2.05) is 66.7 Å². The van der Waals surface area contributed by atoms with Crippen LogP contribution in [0.25, 0.3) is 43.9 Å². The third-order valence-corrected chi connectivity index (χ3v) is 24.8. The molecule has 0 bridgehead atoms. The maximum absolute atomic E-state index is 11.5. The van der Waals surface area contributed by atoms with E-state index in [1.165, 1.54) is 5.56 Å². The van der Waals surface area contributed by atoms with E-state index in [0.29, 0.717) is 43.1 Å². The van der Waals surface area contributed by atoms with Gasteiger partial charge in [0.05, 0.1) is 74.4 Å². The van der Waals surface area contributed by atoms with Gasteiger partial charge in [0.25, 0.3) is 0 Å². The Labute approximate surface area is 750 Å². The summed E-state index contributed by atoms with van der Waals surface area (Å²) >= 11 is 0. The Kier molecular flexibility index (Phi) is 35.3. The standard InChI is InChI=1S/C65H98N4O35.C22H25N5/c1-2-3-11-36-68-37-38(26-8-4-5-9-27(26)67-59(37)66)69(36)16-25-14-12-24(13-15-25)7-6-10-28(77)39(79)53(29(78)17-70)99-61-48(88)42(82)55(31(19-72)94-61)101-63-50(90)44(84)57(33(21-74)96-63)103-65-52(92)46(86)58(35(23-76)98-65)104-64-51(91)45(85)56(34(22-75)97-64)102-62-49(89)43(83)54(32(20-73)95-62)100-60-47(87)41(81)40(80)30(18-71)93-60;1-2-3-8-19-26-20-21(17-6-4-5-7-18(17)25-22(20)24)27(19)14-16-11-9-15(13-23)10-12-16/h4-5,8-9,12-15,28-35,39-58,60-65,70-92H,2-3,6-7,10-11,16-23H2,1H3,(H2,66,67);4-7,9-12H,2-3,8,13-14,23H2,1H3,(H2,24,25)/t28-,29+,30+,31+,32+,33+,34+,35+,39+,40+,41-,42+,43+,44+,45+,46+,47+,48+,49+,50+,51+,52+,53?,54+,55+,56+,57+,58+,60+,61+,62+,63+,64+,65+;/m0./s1. The maximum Gasteiger partial charge on any atom is 0.187 e. The van der Waals surface area contributed by atoms with Crippen molar-refractivity contribution in [3.8, 4) is 0 Å². The Morgan fingerprint density at radius 2 is 0.679 bits per heavy atom. The summed E-state index contributed by atoms with van der Waals surface area (Å²) in [6, 6.07) is 32.2. The number of rotatable bonds is 37. The number of para-hydroxylation sites is 2. The minimum absolute atomic E-state index is 0.0635. The fourth-order valence-electron chi connectivity index (χ4n) is 17.3. The number of nitrogens with two attached hydrogens (primary N) is 3. The molecule has 6 fully saturated rings. The Hall–Kier alpha value is -7.20. The average molecular weight is 1850 g/mol. The molecule has 0 radical (unpaired) electrons. The van der Waals surface area contributed by atoms with Crippen molar-refractivity contribution in [2.24, 2.45) is 5.73 Å². The van der Waals surface area contributed by atoms with E-state index < -0.39 is 255 Å². The van der Waals surface area contributed by atoms with Gasteiger partial charge in [-0.15, -0.1) is 0 Å². The summed E-state index contributed by atoms with van der Waals surface area (Å²) in [7, 11) is 0. The number of ether oxygens (including phenoxy) is 12. The number of hydrogen-bond acceptors (Lipinski definition) is 42. The number of unbranched alkanes of at least 4 members (excludes halogenated alkanes) is 2. The molecule has 6 saturated heterocycles. The average Bonchev–Trinajstić information content (AvgIpc) is 1.63. The second-order valence-electron chi connectivity index (χ2n) is 33.7. The zero-order valence-electron chi connectivity index (χ0n) is 71.9. The number of benzene rings is 4. The van der Waals surface area contributed by atoms with Gasteiger partial charge in [0.2, 0.25) is 0 Å².